The Hall–Kier alpha value is -4.02. The van der Waals surface area contributed by atoms with E-state index in [-0.39, 0.29) is 11.5 Å². The Bertz CT molecular complexity index is 1500. The molecule has 1 aliphatic rings. The number of nitrogens with one attached hydrogen (secondary N) is 4. The maximum atomic E-state index is 15.2. The van der Waals surface area contributed by atoms with Crippen molar-refractivity contribution in [1.29, 1.82) is 0 Å². The van der Waals surface area contributed by atoms with Gasteiger partial charge in [-0.25, -0.2) is 13.8 Å². The minimum Gasteiger partial charge on any atom is -0.369 e. The first-order valence-electron chi connectivity index (χ1n) is 12.5. The lowest BCUT2D eigenvalue weighted by Crippen LogP contribution is -2.35. The zero-order valence-corrected chi connectivity index (χ0v) is 22.3. The maximum Gasteiger partial charge on any atom is 0.234 e. The Kier molecular flexibility index (Phi) is 7.76. The van der Waals surface area contributed by atoms with Gasteiger partial charge in [-0.1, -0.05) is 24.3 Å². The molecule has 5 rings (SSSR count). The van der Waals surface area contributed by atoms with Crippen LogP contribution in [0, 0.1) is 11.6 Å². The van der Waals surface area contributed by atoms with Crippen molar-refractivity contribution >= 4 is 41.0 Å². The van der Waals surface area contributed by atoms with Gasteiger partial charge in [-0.2, -0.15) is 4.98 Å². The first-order chi connectivity index (χ1) is 18.8. The third kappa shape index (κ3) is 6.18. The summed E-state index contributed by atoms with van der Waals surface area (Å²) in [7, 11) is 0. The molecular formula is C29H28F2N6OS. The number of hydrogen-bond acceptors (Lipinski definition) is 7. The van der Waals surface area contributed by atoms with E-state index in [1.807, 2.05) is 24.3 Å². The van der Waals surface area contributed by atoms with E-state index in [9.17, 15) is 9.18 Å². The predicted octanol–water partition coefficient (Wildman–Crippen LogP) is 6.49. The molecule has 0 spiro atoms. The van der Waals surface area contributed by atoms with E-state index < -0.39 is 17.1 Å². The average molecular weight is 547 g/mol. The van der Waals surface area contributed by atoms with Gasteiger partial charge >= 0.3 is 0 Å². The fraction of sp³-hybridized carbons (Fsp3) is 0.207. The summed E-state index contributed by atoms with van der Waals surface area (Å²) in [5.41, 5.74) is 1.73. The standard InChI is InChI=1S/C29H28F2N6OS/c1-29(2,19-8-10-20(30)11-9-19)27(38)36-25-12-7-18(15-24(25)31)23-17-33-28-35-21-5-3-6-22(16-21)39-34-14-4-13-32-26(23)37-28/h3,5-12,15-17,34H,4,13-14H2,1-2H3,(H,36,38)(H2,32,33,35,37). The molecule has 0 atom stereocenters. The monoisotopic (exact) mass is 546 g/mol. The van der Waals surface area contributed by atoms with Crippen LogP contribution < -0.4 is 20.7 Å². The fourth-order valence-electron chi connectivity index (χ4n) is 4.12. The van der Waals surface area contributed by atoms with Crippen molar-refractivity contribution in [3.63, 3.8) is 0 Å². The molecule has 0 saturated heterocycles. The molecular weight excluding hydrogens is 518 g/mol. The highest BCUT2D eigenvalue weighted by molar-refractivity contribution is 7.97. The topological polar surface area (TPSA) is 91.0 Å². The highest BCUT2D eigenvalue weighted by atomic mass is 32.2. The SMILES string of the molecule is CC(C)(C(=O)Nc1ccc(-c2cnc3nc2NCCCNSc2cccc(c2)N3)cc1F)c1ccc(F)cc1. The summed E-state index contributed by atoms with van der Waals surface area (Å²) in [5, 5.41) is 9.25. The summed E-state index contributed by atoms with van der Waals surface area (Å²) >= 11 is 1.57. The number of rotatable bonds is 4. The lowest BCUT2D eigenvalue weighted by Gasteiger charge is -2.24. The number of anilines is 4. The molecule has 200 valence electrons. The van der Waals surface area contributed by atoms with Crippen molar-refractivity contribution in [2.24, 2.45) is 0 Å². The fourth-order valence-corrected chi connectivity index (χ4v) is 4.86. The molecule has 39 heavy (non-hydrogen) atoms. The van der Waals surface area contributed by atoms with Gasteiger partial charge in [0.1, 0.15) is 17.5 Å². The molecule has 2 heterocycles. The maximum absolute atomic E-state index is 15.2. The second-order valence-corrected chi connectivity index (χ2v) is 10.6. The number of nitrogens with zero attached hydrogens (tertiary/aromatic N) is 2. The van der Waals surface area contributed by atoms with E-state index in [1.54, 1.807) is 50.2 Å². The highest BCUT2D eigenvalue weighted by Gasteiger charge is 2.30. The van der Waals surface area contributed by atoms with Crippen LogP contribution >= 0.6 is 11.9 Å². The van der Waals surface area contributed by atoms with Gasteiger partial charge in [0.05, 0.1) is 11.1 Å². The number of fused-ring (bicyclic) bond motifs is 4. The van der Waals surface area contributed by atoms with Gasteiger partial charge < -0.3 is 16.0 Å². The molecule has 10 heteroatoms. The first-order valence-corrected chi connectivity index (χ1v) is 13.4. The van der Waals surface area contributed by atoms with Crippen LogP contribution in [0.15, 0.2) is 77.8 Å². The van der Waals surface area contributed by atoms with Gasteiger partial charge in [0.25, 0.3) is 0 Å². The summed E-state index contributed by atoms with van der Waals surface area (Å²) in [4.78, 5) is 23.2. The second kappa shape index (κ2) is 11.4. The summed E-state index contributed by atoms with van der Waals surface area (Å²) in [6.45, 7) is 4.86. The van der Waals surface area contributed by atoms with E-state index >= 15 is 4.39 Å². The number of benzene rings is 3. The predicted molar refractivity (Wildman–Crippen MR) is 152 cm³/mol. The number of aromatic nitrogens is 2. The highest BCUT2D eigenvalue weighted by Crippen LogP contribution is 2.32. The summed E-state index contributed by atoms with van der Waals surface area (Å²) < 4.78 is 31.9. The quantitative estimate of drug-likeness (QED) is 0.217. The average Bonchev–Trinajstić information content (AvgIpc) is 2.92. The Labute approximate surface area is 230 Å². The normalized spacial score (nSPS) is 13.6. The van der Waals surface area contributed by atoms with E-state index in [0.717, 1.165) is 23.5 Å². The van der Waals surface area contributed by atoms with E-state index in [2.05, 4.69) is 30.6 Å². The second-order valence-electron chi connectivity index (χ2n) is 9.67. The van der Waals surface area contributed by atoms with Gasteiger partial charge in [-0.05, 0) is 85.8 Å². The van der Waals surface area contributed by atoms with Crippen LogP contribution in [-0.4, -0.2) is 29.0 Å². The van der Waals surface area contributed by atoms with Crippen molar-refractivity contribution in [3.8, 4) is 11.1 Å². The van der Waals surface area contributed by atoms with Gasteiger partial charge in [-0.3, -0.25) is 9.52 Å². The van der Waals surface area contributed by atoms with Crippen LogP contribution in [0.1, 0.15) is 25.8 Å². The van der Waals surface area contributed by atoms with E-state index in [0.29, 0.717) is 35.0 Å². The summed E-state index contributed by atoms with van der Waals surface area (Å²) in [6.07, 6.45) is 2.50. The number of halogens is 2. The molecule has 1 aliphatic heterocycles. The van der Waals surface area contributed by atoms with Crippen LogP contribution in [0.2, 0.25) is 0 Å². The molecule has 4 bridgehead atoms. The van der Waals surface area contributed by atoms with Gasteiger partial charge in [0, 0.05) is 35.4 Å². The van der Waals surface area contributed by atoms with Crippen LogP contribution in [0.5, 0.6) is 0 Å². The number of carbonyl (C=O) groups excluding carboxylic acids is 1. The smallest absolute Gasteiger partial charge is 0.234 e. The van der Waals surface area contributed by atoms with Gasteiger partial charge in [0.2, 0.25) is 11.9 Å². The molecule has 7 nitrogen and oxygen atoms in total. The summed E-state index contributed by atoms with van der Waals surface area (Å²) in [6, 6.07) is 18.2. The van der Waals surface area contributed by atoms with Crippen molar-refractivity contribution < 1.29 is 13.6 Å². The van der Waals surface area contributed by atoms with Crippen molar-refractivity contribution in [2.75, 3.05) is 29.0 Å². The van der Waals surface area contributed by atoms with Gasteiger partial charge in [-0.15, -0.1) is 0 Å². The molecule has 0 radical (unpaired) electrons. The molecule has 1 amide bonds. The van der Waals surface area contributed by atoms with Crippen LogP contribution in [0.25, 0.3) is 11.1 Å². The third-order valence-electron chi connectivity index (χ3n) is 6.48. The largest absolute Gasteiger partial charge is 0.369 e. The minimum atomic E-state index is -0.999. The summed E-state index contributed by atoms with van der Waals surface area (Å²) in [5.74, 6) is -0.392. The van der Waals surface area contributed by atoms with Crippen LogP contribution in [0.3, 0.4) is 0 Å². The molecule has 4 aromatic rings. The Morgan fingerprint density at radius 3 is 2.64 bits per heavy atom. The molecule has 3 aromatic carbocycles. The van der Waals surface area contributed by atoms with Crippen molar-refractivity contribution in [3.05, 3.63) is 90.1 Å². The molecule has 0 saturated carbocycles. The molecule has 0 fully saturated rings. The van der Waals surface area contributed by atoms with Crippen molar-refractivity contribution in [2.45, 2.75) is 30.6 Å². The Morgan fingerprint density at radius 2 is 1.85 bits per heavy atom. The first kappa shape index (κ1) is 26.6. The molecule has 1 aromatic heterocycles. The van der Waals surface area contributed by atoms with Crippen molar-refractivity contribution in [1.82, 2.24) is 14.7 Å². The number of carbonyl (C=O) groups is 1. The Morgan fingerprint density at radius 1 is 1.03 bits per heavy atom. The zero-order chi connectivity index (χ0) is 27.4. The Balaban J connectivity index is 1.39. The minimum absolute atomic E-state index is 0.0505. The van der Waals surface area contributed by atoms with E-state index in [4.69, 9.17) is 0 Å². The van der Waals surface area contributed by atoms with Crippen LogP contribution in [0.4, 0.5) is 31.9 Å². The number of hydrogen-bond donors (Lipinski definition) is 4. The lowest BCUT2D eigenvalue weighted by atomic mass is 9.83. The molecule has 0 aliphatic carbocycles. The number of amides is 1. The lowest BCUT2D eigenvalue weighted by molar-refractivity contribution is -0.120. The van der Waals surface area contributed by atoms with E-state index in [1.165, 1.54) is 24.3 Å². The molecule has 0 unspecified atom stereocenters. The van der Waals surface area contributed by atoms with Gasteiger partial charge in [0.15, 0.2) is 0 Å². The van der Waals surface area contributed by atoms with Crippen LogP contribution in [-0.2, 0) is 10.2 Å². The molecule has 4 N–H and O–H groups in total. The third-order valence-corrected chi connectivity index (χ3v) is 7.32. The zero-order valence-electron chi connectivity index (χ0n) is 21.5.